The van der Waals surface area contributed by atoms with E-state index in [4.69, 9.17) is 11.6 Å². The Kier molecular flexibility index (Phi) is 6.94. The number of thioether (sulfide) groups is 1. The summed E-state index contributed by atoms with van der Waals surface area (Å²) in [6.07, 6.45) is 0. The van der Waals surface area contributed by atoms with Gasteiger partial charge in [0.15, 0.2) is 0 Å². The van der Waals surface area contributed by atoms with Gasteiger partial charge in [0.05, 0.1) is 15.5 Å². The minimum Gasteiger partial charge on any atom is -0.351 e. The first-order chi connectivity index (χ1) is 11.3. The summed E-state index contributed by atoms with van der Waals surface area (Å²) in [6, 6.07) is 4.29. The predicted molar refractivity (Wildman–Crippen MR) is 98.4 cm³/mol. The molecule has 0 bridgehead atoms. The van der Waals surface area contributed by atoms with Crippen LogP contribution in [-0.2, 0) is 10.0 Å². The van der Waals surface area contributed by atoms with Crippen molar-refractivity contribution in [2.75, 3.05) is 51.8 Å². The summed E-state index contributed by atoms with van der Waals surface area (Å²) < 4.78 is 26.9. The van der Waals surface area contributed by atoms with Crippen LogP contribution in [0, 0.1) is 0 Å². The van der Waals surface area contributed by atoms with E-state index in [1.807, 2.05) is 19.0 Å². The normalized spacial score (nSPS) is 16.3. The third-order valence-electron chi connectivity index (χ3n) is 3.63. The summed E-state index contributed by atoms with van der Waals surface area (Å²) in [5.74, 6) is 1.20. The highest BCUT2D eigenvalue weighted by Gasteiger charge is 2.27. The van der Waals surface area contributed by atoms with Gasteiger partial charge in [0.1, 0.15) is 0 Å². The van der Waals surface area contributed by atoms with E-state index in [9.17, 15) is 13.2 Å². The van der Waals surface area contributed by atoms with Crippen LogP contribution in [0.1, 0.15) is 10.4 Å². The van der Waals surface area contributed by atoms with E-state index in [0.717, 1.165) is 11.5 Å². The molecule has 1 heterocycles. The van der Waals surface area contributed by atoms with Gasteiger partial charge in [-0.1, -0.05) is 11.6 Å². The molecule has 134 valence electrons. The highest BCUT2D eigenvalue weighted by atomic mass is 35.5. The third-order valence-corrected chi connectivity index (χ3v) is 6.80. The fraction of sp³-hybridized carbons (Fsp3) is 0.533. The van der Waals surface area contributed by atoms with Gasteiger partial charge in [0, 0.05) is 37.7 Å². The molecular formula is C15H22ClN3O3S2. The molecule has 6 nitrogen and oxygen atoms in total. The molecule has 1 amide bonds. The molecule has 24 heavy (non-hydrogen) atoms. The lowest BCUT2D eigenvalue weighted by atomic mass is 10.2. The van der Waals surface area contributed by atoms with Crippen LogP contribution in [0.5, 0.6) is 0 Å². The summed E-state index contributed by atoms with van der Waals surface area (Å²) >= 11 is 7.82. The highest BCUT2D eigenvalue weighted by molar-refractivity contribution is 7.99. The maximum absolute atomic E-state index is 12.7. The summed E-state index contributed by atoms with van der Waals surface area (Å²) in [6.45, 7) is 2.12. The molecule has 0 saturated carbocycles. The van der Waals surface area contributed by atoms with Crippen LogP contribution in [0.25, 0.3) is 0 Å². The van der Waals surface area contributed by atoms with Crippen molar-refractivity contribution in [1.29, 1.82) is 0 Å². The number of hydrogen-bond acceptors (Lipinski definition) is 5. The number of rotatable bonds is 6. The van der Waals surface area contributed by atoms with Crippen LogP contribution >= 0.6 is 23.4 Å². The number of nitrogens with zero attached hydrogens (tertiary/aromatic N) is 2. The molecule has 1 aromatic rings. The first kappa shape index (κ1) is 19.5. The molecule has 0 unspecified atom stereocenters. The van der Waals surface area contributed by atoms with Crippen molar-refractivity contribution in [2.24, 2.45) is 0 Å². The number of amides is 1. The van der Waals surface area contributed by atoms with Crippen LogP contribution in [0.2, 0.25) is 5.02 Å². The Hall–Kier alpha value is -0.800. The molecule has 1 aliphatic heterocycles. The Morgan fingerprint density at radius 2 is 2.00 bits per heavy atom. The molecule has 0 aromatic heterocycles. The number of sulfonamides is 1. The largest absolute Gasteiger partial charge is 0.351 e. The van der Waals surface area contributed by atoms with Gasteiger partial charge < -0.3 is 10.2 Å². The van der Waals surface area contributed by atoms with Gasteiger partial charge in [-0.05, 0) is 32.3 Å². The van der Waals surface area contributed by atoms with E-state index in [1.54, 1.807) is 11.8 Å². The second-order valence-electron chi connectivity index (χ2n) is 5.72. The second kappa shape index (κ2) is 8.53. The smallest absolute Gasteiger partial charge is 0.252 e. The fourth-order valence-corrected chi connectivity index (χ4v) is 5.07. The molecule has 1 saturated heterocycles. The molecule has 0 spiro atoms. The molecule has 0 atom stereocenters. The van der Waals surface area contributed by atoms with E-state index in [2.05, 4.69) is 5.32 Å². The van der Waals surface area contributed by atoms with Crippen molar-refractivity contribution in [3.8, 4) is 0 Å². The summed E-state index contributed by atoms with van der Waals surface area (Å²) in [5, 5.41) is 2.99. The molecule has 0 aliphatic carbocycles. The van der Waals surface area contributed by atoms with Crippen molar-refractivity contribution in [1.82, 2.24) is 14.5 Å². The first-order valence-corrected chi connectivity index (χ1v) is 10.6. The van der Waals surface area contributed by atoms with Gasteiger partial charge in [-0.3, -0.25) is 4.79 Å². The zero-order valence-corrected chi connectivity index (χ0v) is 16.2. The van der Waals surface area contributed by atoms with Crippen molar-refractivity contribution >= 4 is 39.3 Å². The number of nitrogens with one attached hydrogen (secondary N) is 1. The Balaban J connectivity index is 2.19. The van der Waals surface area contributed by atoms with Crippen LogP contribution < -0.4 is 5.32 Å². The fourth-order valence-electron chi connectivity index (χ4n) is 2.26. The monoisotopic (exact) mass is 391 g/mol. The predicted octanol–water partition coefficient (Wildman–Crippen LogP) is 1.37. The maximum Gasteiger partial charge on any atom is 0.252 e. The van der Waals surface area contributed by atoms with Gasteiger partial charge in [-0.2, -0.15) is 16.1 Å². The average Bonchev–Trinajstić information content (AvgIpc) is 2.55. The Morgan fingerprint density at radius 1 is 1.33 bits per heavy atom. The molecule has 1 aliphatic rings. The van der Waals surface area contributed by atoms with Gasteiger partial charge in [0.2, 0.25) is 10.0 Å². The Bertz CT molecular complexity index is 689. The quantitative estimate of drug-likeness (QED) is 0.793. The van der Waals surface area contributed by atoms with E-state index in [-0.39, 0.29) is 21.4 Å². The number of likely N-dealkylation sites (N-methyl/N-ethyl adjacent to an activating group) is 1. The molecule has 2 rings (SSSR count). The summed E-state index contributed by atoms with van der Waals surface area (Å²) in [7, 11) is 0.216. The van der Waals surface area contributed by atoms with Crippen molar-refractivity contribution in [2.45, 2.75) is 4.90 Å². The van der Waals surface area contributed by atoms with Crippen LogP contribution in [-0.4, -0.2) is 75.3 Å². The Morgan fingerprint density at radius 3 is 2.62 bits per heavy atom. The summed E-state index contributed by atoms with van der Waals surface area (Å²) in [5.41, 5.74) is 0.183. The number of halogens is 1. The lowest BCUT2D eigenvalue weighted by molar-refractivity contribution is 0.0951. The molecule has 0 radical (unpaired) electrons. The lowest BCUT2D eigenvalue weighted by Gasteiger charge is -2.25. The molecule has 1 aromatic carbocycles. The topological polar surface area (TPSA) is 69.7 Å². The first-order valence-electron chi connectivity index (χ1n) is 7.63. The Labute approximate surface area is 152 Å². The maximum atomic E-state index is 12.7. The van der Waals surface area contributed by atoms with Crippen LogP contribution in [0.4, 0.5) is 0 Å². The van der Waals surface area contributed by atoms with Gasteiger partial charge in [0.25, 0.3) is 5.91 Å². The van der Waals surface area contributed by atoms with E-state index >= 15 is 0 Å². The van der Waals surface area contributed by atoms with Gasteiger partial charge >= 0.3 is 0 Å². The van der Waals surface area contributed by atoms with E-state index in [1.165, 1.54) is 22.5 Å². The number of carbonyl (C=O) groups is 1. The molecule has 1 N–H and O–H groups in total. The zero-order chi connectivity index (χ0) is 17.7. The minimum atomic E-state index is -3.60. The molecule has 1 fully saturated rings. The summed E-state index contributed by atoms with van der Waals surface area (Å²) in [4.78, 5) is 14.3. The number of carbonyl (C=O) groups excluding carboxylic acids is 1. The van der Waals surface area contributed by atoms with Crippen molar-refractivity contribution in [3.05, 3.63) is 28.8 Å². The van der Waals surface area contributed by atoms with Crippen molar-refractivity contribution in [3.63, 3.8) is 0 Å². The number of hydrogen-bond donors (Lipinski definition) is 1. The van der Waals surface area contributed by atoms with Crippen molar-refractivity contribution < 1.29 is 13.2 Å². The zero-order valence-electron chi connectivity index (χ0n) is 13.8. The highest BCUT2D eigenvalue weighted by Crippen LogP contribution is 2.24. The molecule has 9 heteroatoms. The minimum absolute atomic E-state index is 0.108. The van der Waals surface area contributed by atoms with Crippen LogP contribution in [0.3, 0.4) is 0 Å². The standard InChI is InChI=1S/C15H22ClN3O3S2/c1-18(2)6-5-17-15(20)13-11-12(3-4-14(13)16)24(21,22)19-7-9-23-10-8-19/h3-4,11H,5-10H2,1-2H3,(H,17,20). The molecular weight excluding hydrogens is 370 g/mol. The SMILES string of the molecule is CN(C)CCNC(=O)c1cc(S(=O)(=O)N2CCSCC2)ccc1Cl. The van der Waals surface area contributed by atoms with E-state index < -0.39 is 10.0 Å². The average molecular weight is 392 g/mol. The lowest BCUT2D eigenvalue weighted by Crippen LogP contribution is -2.38. The van der Waals surface area contributed by atoms with Crippen LogP contribution in [0.15, 0.2) is 23.1 Å². The third kappa shape index (κ3) is 4.86. The van der Waals surface area contributed by atoms with Gasteiger partial charge in [-0.25, -0.2) is 8.42 Å². The second-order valence-corrected chi connectivity index (χ2v) is 9.29. The van der Waals surface area contributed by atoms with Gasteiger partial charge in [-0.15, -0.1) is 0 Å². The number of benzene rings is 1. The van der Waals surface area contributed by atoms with E-state index in [0.29, 0.717) is 26.2 Å².